The number of carbonyl (C=O) groups is 1. The van der Waals surface area contributed by atoms with Crippen molar-refractivity contribution in [3.8, 4) is 0 Å². The molecule has 0 saturated carbocycles. The maximum absolute atomic E-state index is 11.9. The Labute approximate surface area is 116 Å². The lowest BCUT2D eigenvalue weighted by Gasteiger charge is -2.03. The van der Waals surface area contributed by atoms with E-state index in [9.17, 15) is 13.2 Å². The third-order valence-electron chi connectivity index (χ3n) is 2.22. The predicted octanol–water partition coefficient (Wildman–Crippen LogP) is 1.08. The lowest BCUT2D eigenvalue weighted by Crippen LogP contribution is -2.23. The van der Waals surface area contributed by atoms with E-state index in [2.05, 4.69) is 17.2 Å². The van der Waals surface area contributed by atoms with Gasteiger partial charge in [0.2, 0.25) is 0 Å². The van der Waals surface area contributed by atoms with Gasteiger partial charge in [-0.25, -0.2) is 8.42 Å². The summed E-state index contributed by atoms with van der Waals surface area (Å²) in [6, 6.07) is 0. The fraction of sp³-hybridized carbons (Fsp3) is 0.364. The van der Waals surface area contributed by atoms with Crippen molar-refractivity contribution >= 4 is 37.8 Å². The zero-order valence-corrected chi connectivity index (χ0v) is 12.5. The van der Waals surface area contributed by atoms with Gasteiger partial charge in [0, 0.05) is 19.3 Å². The maximum Gasteiger partial charge on any atom is 0.263 e. The molecule has 1 heterocycles. The minimum atomic E-state index is -3.50. The molecule has 0 aliphatic carbocycles. The smallest absolute Gasteiger partial charge is 0.263 e. The van der Waals surface area contributed by atoms with Crippen LogP contribution in [0.5, 0.6) is 0 Å². The van der Waals surface area contributed by atoms with Crippen molar-refractivity contribution in [1.82, 2.24) is 5.32 Å². The standard InChI is InChI=1S/C11H17N3O3S2/c1-4-6-14-10(15)8-7(12)9(19(3,16)17)11(18-8)13-5-2/h4,13H,1,5-6,12H2,2-3H3,(H,14,15). The quantitative estimate of drug-likeness (QED) is 0.683. The van der Waals surface area contributed by atoms with Crippen molar-refractivity contribution in [2.45, 2.75) is 11.8 Å². The summed E-state index contributed by atoms with van der Waals surface area (Å²) in [5, 5.41) is 5.88. The summed E-state index contributed by atoms with van der Waals surface area (Å²) in [4.78, 5) is 12.1. The van der Waals surface area contributed by atoms with E-state index in [1.54, 1.807) is 0 Å². The van der Waals surface area contributed by atoms with Gasteiger partial charge in [0.15, 0.2) is 9.84 Å². The summed E-state index contributed by atoms with van der Waals surface area (Å²) in [6.07, 6.45) is 2.60. The molecule has 0 aromatic carbocycles. The molecule has 0 atom stereocenters. The Morgan fingerprint density at radius 3 is 2.63 bits per heavy atom. The number of hydrogen-bond acceptors (Lipinski definition) is 6. The summed E-state index contributed by atoms with van der Waals surface area (Å²) in [5.41, 5.74) is 5.79. The lowest BCUT2D eigenvalue weighted by molar-refractivity contribution is 0.0963. The number of anilines is 2. The number of nitrogen functional groups attached to an aromatic ring is 1. The van der Waals surface area contributed by atoms with E-state index in [1.807, 2.05) is 6.92 Å². The fourth-order valence-electron chi connectivity index (χ4n) is 1.49. The monoisotopic (exact) mass is 303 g/mol. The van der Waals surface area contributed by atoms with Gasteiger partial charge in [-0.1, -0.05) is 6.08 Å². The van der Waals surface area contributed by atoms with E-state index < -0.39 is 15.7 Å². The first-order valence-electron chi connectivity index (χ1n) is 5.58. The van der Waals surface area contributed by atoms with Gasteiger partial charge in [-0.15, -0.1) is 17.9 Å². The molecule has 0 bridgehead atoms. The molecule has 1 rings (SSSR count). The first-order valence-corrected chi connectivity index (χ1v) is 8.29. The molecule has 1 aromatic heterocycles. The third-order valence-corrected chi connectivity index (χ3v) is 4.68. The van der Waals surface area contributed by atoms with Crippen molar-refractivity contribution in [3.63, 3.8) is 0 Å². The molecule has 1 aromatic rings. The van der Waals surface area contributed by atoms with Gasteiger partial charge in [-0.3, -0.25) is 4.79 Å². The van der Waals surface area contributed by atoms with E-state index in [0.29, 0.717) is 18.1 Å². The number of nitrogens with two attached hydrogens (primary N) is 1. The molecule has 0 radical (unpaired) electrons. The maximum atomic E-state index is 11.9. The highest BCUT2D eigenvalue weighted by atomic mass is 32.2. The van der Waals surface area contributed by atoms with Gasteiger partial charge < -0.3 is 16.4 Å². The zero-order valence-electron chi connectivity index (χ0n) is 10.8. The van der Waals surface area contributed by atoms with E-state index in [-0.39, 0.29) is 15.5 Å². The number of sulfone groups is 1. The van der Waals surface area contributed by atoms with Crippen LogP contribution in [0.1, 0.15) is 16.6 Å². The Kier molecular flexibility index (Phi) is 4.96. The average Bonchev–Trinajstić information content (AvgIpc) is 2.63. The van der Waals surface area contributed by atoms with Crippen molar-refractivity contribution in [1.29, 1.82) is 0 Å². The van der Waals surface area contributed by atoms with E-state index >= 15 is 0 Å². The molecular formula is C11H17N3O3S2. The normalized spacial score (nSPS) is 11.1. The van der Waals surface area contributed by atoms with Crippen molar-refractivity contribution < 1.29 is 13.2 Å². The van der Waals surface area contributed by atoms with Crippen LogP contribution in [0.4, 0.5) is 10.7 Å². The largest absolute Gasteiger partial charge is 0.396 e. The average molecular weight is 303 g/mol. The SMILES string of the molecule is C=CCNC(=O)c1sc(NCC)c(S(C)(=O)=O)c1N. The van der Waals surface area contributed by atoms with Crippen molar-refractivity contribution in [2.75, 3.05) is 30.4 Å². The Morgan fingerprint density at radius 2 is 2.16 bits per heavy atom. The van der Waals surface area contributed by atoms with Crippen LogP contribution in [-0.4, -0.2) is 33.7 Å². The highest BCUT2D eigenvalue weighted by Gasteiger charge is 2.26. The lowest BCUT2D eigenvalue weighted by atomic mass is 10.3. The summed E-state index contributed by atoms with van der Waals surface area (Å²) < 4.78 is 23.5. The fourth-order valence-corrected chi connectivity index (χ4v) is 4.04. The van der Waals surface area contributed by atoms with Crippen LogP contribution in [0, 0.1) is 0 Å². The number of hydrogen-bond donors (Lipinski definition) is 3. The number of nitrogens with one attached hydrogen (secondary N) is 2. The number of thiophene rings is 1. The first-order chi connectivity index (χ1) is 8.82. The number of amides is 1. The first kappa shape index (κ1) is 15.5. The Balaban J connectivity index is 3.29. The third kappa shape index (κ3) is 3.48. The molecule has 8 heteroatoms. The summed E-state index contributed by atoms with van der Waals surface area (Å²) in [7, 11) is -3.50. The Bertz CT molecular complexity index is 591. The number of rotatable bonds is 6. The zero-order chi connectivity index (χ0) is 14.6. The number of carbonyl (C=O) groups excluding carboxylic acids is 1. The molecule has 106 valence electrons. The van der Waals surface area contributed by atoms with E-state index in [1.165, 1.54) is 6.08 Å². The molecule has 0 aliphatic rings. The Hall–Kier alpha value is -1.54. The predicted molar refractivity (Wildman–Crippen MR) is 78.5 cm³/mol. The van der Waals surface area contributed by atoms with Gasteiger partial charge in [-0.2, -0.15) is 0 Å². The second-order valence-electron chi connectivity index (χ2n) is 3.80. The molecular weight excluding hydrogens is 286 g/mol. The molecule has 0 saturated heterocycles. The molecule has 0 unspecified atom stereocenters. The van der Waals surface area contributed by atoms with Crippen LogP contribution in [0.3, 0.4) is 0 Å². The second-order valence-corrected chi connectivity index (χ2v) is 6.78. The highest BCUT2D eigenvalue weighted by molar-refractivity contribution is 7.91. The summed E-state index contributed by atoms with van der Waals surface area (Å²) in [6.45, 7) is 6.15. The summed E-state index contributed by atoms with van der Waals surface area (Å²) in [5.74, 6) is -0.406. The molecule has 6 nitrogen and oxygen atoms in total. The van der Waals surface area contributed by atoms with Gasteiger partial charge in [0.25, 0.3) is 5.91 Å². The molecule has 1 amide bonds. The molecule has 0 spiro atoms. The summed E-state index contributed by atoms with van der Waals surface area (Å²) >= 11 is 1.03. The van der Waals surface area contributed by atoms with Crippen LogP contribution in [0.25, 0.3) is 0 Å². The minimum absolute atomic E-state index is 0.00925. The molecule has 4 N–H and O–H groups in total. The van der Waals surface area contributed by atoms with Gasteiger partial charge >= 0.3 is 0 Å². The van der Waals surface area contributed by atoms with Crippen LogP contribution in [-0.2, 0) is 9.84 Å². The Morgan fingerprint density at radius 1 is 1.53 bits per heavy atom. The van der Waals surface area contributed by atoms with Gasteiger partial charge in [-0.05, 0) is 6.92 Å². The van der Waals surface area contributed by atoms with Gasteiger partial charge in [0.1, 0.15) is 14.8 Å². The van der Waals surface area contributed by atoms with Crippen LogP contribution < -0.4 is 16.4 Å². The molecule has 0 fully saturated rings. The molecule has 0 aliphatic heterocycles. The minimum Gasteiger partial charge on any atom is -0.396 e. The van der Waals surface area contributed by atoms with Crippen molar-refractivity contribution in [2.24, 2.45) is 0 Å². The van der Waals surface area contributed by atoms with Gasteiger partial charge in [0.05, 0.1) is 5.69 Å². The second kappa shape index (κ2) is 6.07. The van der Waals surface area contributed by atoms with Crippen molar-refractivity contribution in [3.05, 3.63) is 17.5 Å². The van der Waals surface area contributed by atoms with Crippen LogP contribution in [0.2, 0.25) is 0 Å². The van der Waals surface area contributed by atoms with E-state index in [0.717, 1.165) is 17.6 Å². The molecule has 19 heavy (non-hydrogen) atoms. The van der Waals surface area contributed by atoms with E-state index in [4.69, 9.17) is 5.73 Å². The van der Waals surface area contributed by atoms with Crippen LogP contribution in [0.15, 0.2) is 17.6 Å². The van der Waals surface area contributed by atoms with Crippen LogP contribution >= 0.6 is 11.3 Å². The highest BCUT2D eigenvalue weighted by Crippen LogP contribution is 2.38. The topological polar surface area (TPSA) is 101 Å².